The van der Waals surface area contributed by atoms with Crippen molar-refractivity contribution in [2.45, 2.75) is 26.3 Å². The summed E-state index contributed by atoms with van der Waals surface area (Å²) in [4.78, 5) is 19.9. The molecule has 0 amide bonds. The van der Waals surface area contributed by atoms with Gasteiger partial charge in [0.1, 0.15) is 0 Å². The van der Waals surface area contributed by atoms with E-state index < -0.39 is 5.97 Å². The van der Waals surface area contributed by atoms with Crippen molar-refractivity contribution < 1.29 is 9.90 Å². The Morgan fingerprint density at radius 1 is 1.59 bits per heavy atom. The summed E-state index contributed by atoms with van der Waals surface area (Å²) in [6, 6.07) is 0. The van der Waals surface area contributed by atoms with Crippen LogP contribution in [0.4, 0.5) is 0 Å². The number of carbonyl (C=O) groups is 1. The molecule has 17 heavy (non-hydrogen) atoms. The highest BCUT2D eigenvalue weighted by molar-refractivity contribution is 5.84. The standard InChI is InChI=1S/C7H12N2.C4H4N2O2/c1-2-3-5-9-6-4-8-7-9;7-4(8)3-1-5-2-6-3/h4,6-7H,2-3,5H2,1H3;1-2H,(H,5,6)(H,7,8). The lowest BCUT2D eigenvalue weighted by Crippen LogP contribution is -1.94. The van der Waals surface area contributed by atoms with Gasteiger partial charge in [0.2, 0.25) is 0 Å². The fourth-order valence-electron chi connectivity index (χ4n) is 1.14. The predicted octanol–water partition coefficient (Wildman–Crippen LogP) is 1.79. The van der Waals surface area contributed by atoms with Crippen LogP contribution in [0.5, 0.6) is 0 Å². The predicted molar refractivity (Wildman–Crippen MR) is 62.7 cm³/mol. The maximum Gasteiger partial charge on any atom is 0.356 e. The number of aryl methyl sites for hydroxylation is 1. The Labute approximate surface area is 99.3 Å². The number of nitrogens with zero attached hydrogens (tertiary/aromatic N) is 3. The summed E-state index contributed by atoms with van der Waals surface area (Å²) in [6.07, 6.45) is 10.8. The Bertz CT molecular complexity index is 409. The van der Waals surface area contributed by atoms with Gasteiger partial charge in [0.05, 0.1) is 12.7 Å². The smallest absolute Gasteiger partial charge is 0.356 e. The number of aromatic nitrogens is 4. The van der Waals surface area contributed by atoms with Crippen LogP contribution in [0.1, 0.15) is 30.3 Å². The Morgan fingerprint density at radius 3 is 2.82 bits per heavy atom. The van der Waals surface area contributed by atoms with Crippen LogP contribution in [-0.4, -0.2) is 30.6 Å². The molecule has 0 radical (unpaired) electrons. The average Bonchev–Trinajstić information content (AvgIpc) is 3.00. The average molecular weight is 236 g/mol. The Morgan fingerprint density at radius 2 is 2.41 bits per heavy atom. The number of rotatable bonds is 4. The molecule has 2 heterocycles. The Kier molecular flexibility index (Phi) is 5.50. The summed E-state index contributed by atoms with van der Waals surface area (Å²) in [6.45, 7) is 3.30. The highest BCUT2D eigenvalue weighted by Crippen LogP contribution is 1.92. The zero-order chi connectivity index (χ0) is 12.5. The number of imidazole rings is 2. The molecule has 6 heteroatoms. The van der Waals surface area contributed by atoms with Crippen molar-refractivity contribution in [3.05, 3.63) is 36.9 Å². The molecule has 0 bridgehead atoms. The summed E-state index contributed by atoms with van der Waals surface area (Å²) in [5.74, 6) is -1.01. The normalized spacial score (nSPS) is 9.47. The van der Waals surface area contributed by atoms with Gasteiger partial charge in [0.15, 0.2) is 5.69 Å². The van der Waals surface area contributed by atoms with Gasteiger partial charge < -0.3 is 14.7 Å². The summed E-state index contributed by atoms with van der Waals surface area (Å²) >= 11 is 0. The van der Waals surface area contributed by atoms with E-state index >= 15 is 0 Å². The summed E-state index contributed by atoms with van der Waals surface area (Å²) in [5, 5.41) is 8.19. The number of unbranched alkanes of at least 4 members (excludes halogenated alkanes) is 1. The fraction of sp³-hybridized carbons (Fsp3) is 0.364. The van der Waals surface area contributed by atoms with Gasteiger partial charge in [0.25, 0.3) is 0 Å². The van der Waals surface area contributed by atoms with Crippen LogP contribution < -0.4 is 0 Å². The van der Waals surface area contributed by atoms with Crippen molar-refractivity contribution in [3.63, 3.8) is 0 Å². The number of carboxylic acid groups (broad SMARTS) is 1. The number of hydrogen-bond donors (Lipinski definition) is 2. The van der Waals surface area contributed by atoms with Crippen LogP contribution >= 0.6 is 0 Å². The molecule has 0 aliphatic carbocycles. The van der Waals surface area contributed by atoms with Crippen molar-refractivity contribution >= 4 is 5.97 Å². The lowest BCUT2D eigenvalue weighted by atomic mass is 10.3. The molecule has 0 aromatic carbocycles. The van der Waals surface area contributed by atoms with Gasteiger partial charge in [-0.05, 0) is 6.42 Å². The van der Waals surface area contributed by atoms with Crippen molar-refractivity contribution in [3.8, 4) is 0 Å². The van der Waals surface area contributed by atoms with Crippen LogP contribution in [0.2, 0.25) is 0 Å². The SMILES string of the molecule is CCCCn1ccnc1.O=C(O)c1c[nH]cn1. The Hall–Kier alpha value is -2.11. The van der Waals surface area contributed by atoms with Crippen molar-refractivity contribution in [2.24, 2.45) is 0 Å². The molecule has 0 saturated heterocycles. The van der Waals surface area contributed by atoms with Crippen LogP contribution in [-0.2, 0) is 6.54 Å². The number of aromatic amines is 1. The summed E-state index contributed by atoms with van der Waals surface area (Å²) in [7, 11) is 0. The second kappa shape index (κ2) is 7.21. The number of hydrogen-bond acceptors (Lipinski definition) is 3. The minimum Gasteiger partial charge on any atom is -0.476 e. The lowest BCUT2D eigenvalue weighted by molar-refractivity contribution is 0.0691. The van der Waals surface area contributed by atoms with E-state index in [4.69, 9.17) is 5.11 Å². The van der Waals surface area contributed by atoms with E-state index in [1.54, 1.807) is 0 Å². The third-order valence-electron chi connectivity index (χ3n) is 2.05. The van der Waals surface area contributed by atoms with E-state index in [0.717, 1.165) is 6.54 Å². The van der Waals surface area contributed by atoms with Crippen molar-refractivity contribution in [2.75, 3.05) is 0 Å². The van der Waals surface area contributed by atoms with Gasteiger partial charge in [-0.3, -0.25) is 0 Å². The van der Waals surface area contributed by atoms with Crippen LogP contribution in [0.3, 0.4) is 0 Å². The van der Waals surface area contributed by atoms with Gasteiger partial charge >= 0.3 is 5.97 Å². The minimum atomic E-state index is -1.01. The maximum atomic E-state index is 9.98. The molecule has 0 atom stereocenters. The molecule has 0 fully saturated rings. The monoisotopic (exact) mass is 236 g/mol. The topological polar surface area (TPSA) is 83.8 Å². The molecule has 92 valence electrons. The first kappa shape index (κ1) is 13.0. The molecule has 2 N–H and O–H groups in total. The Balaban J connectivity index is 0.000000171. The minimum absolute atomic E-state index is 0.0463. The van der Waals surface area contributed by atoms with E-state index in [1.807, 2.05) is 18.7 Å². The number of aromatic carboxylic acids is 1. The molecule has 0 aliphatic rings. The number of nitrogens with one attached hydrogen (secondary N) is 1. The van der Waals surface area contributed by atoms with E-state index in [-0.39, 0.29) is 5.69 Å². The second-order valence-electron chi connectivity index (χ2n) is 3.41. The molecule has 2 rings (SSSR count). The quantitative estimate of drug-likeness (QED) is 0.847. The van der Waals surface area contributed by atoms with E-state index in [1.165, 1.54) is 25.4 Å². The number of H-pyrrole nitrogens is 1. The highest BCUT2D eigenvalue weighted by Gasteiger charge is 2.00. The van der Waals surface area contributed by atoms with Gasteiger partial charge in [0, 0.05) is 25.1 Å². The van der Waals surface area contributed by atoms with Crippen LogP contribution in [0.15, 0.2) is 31.2 Å². The summed E-state index contributed by atoms with van der Waals surface area (Å²) < 4.78 is 2.10. The zero-order valence-electron chi connectivity index (χ0n) is 9.71. The van der Waals surface area contributed by atoms with Gasteiger partial charge in [-0.25, -0.2) is 14.8 Å². The summed E-state index contributed by atoms with van der Waals surface area (Å²) in [5.41, 5.74) is 0.0463. The highest BCUT2D eigenvalue weighted by atomic mass is 16.4. The largest absolute Gasteiger partial charge is 0.476 e. The maximum absolute atomic E-state index is 9.98. The third-order valence-corrected chi connectivity index (χ3v) is 2.05. The van der Waals surface area contributed by atoms with Crippen molar-refractivity contribution in [1.29, 1.82) is 0 Å². The molecular weight excluding hydrogens is 220 g/mol. The molecule has 0 aliphatic heterocycles. The van der Waals surface area contributed by atoms with E-state index in [2.05, 4.69) is 26.4 Å². The van der Waals surface area contributed by atoms with Crippen LogP contribution in [0.25, 0.3) is 0 Å². The van der Waals surface area contributed by atoms with Gasteiger partial charge in [-0.2, -0.15) is 0 Å². The molecule has 0 unspecified atom stereocenters. The second-order valence-corrected chi connectivity index (χ2v) is 3.41. The van der Waals surface area contributed by atoms with Gasteiger partial charge in [-0.15, -0.1) is 0 Å². The molecule has 2 aromatic rings. The first-order valence-electron chi connectivity index (χ1n) is 5.42. The molecule has 6 nitrogen and oxygen atoms in total. The lowest BCUT2D eigenvalue weighted by Gasteiger charge is -1.96. The first-order valence-corrected chi connectivity index (χ1v) is 5.42. The van der Waals surface area contributed by atoms with Gasteiger partial charge in [-0.1, -0.05) is 13.3 Å². The molecular formula is C11H16N4O2. The third kappa shape index (κ3) is 4.96. The fourth-order valence-corrected chi connectivity index (χ4v) is 1.14. The first-order chi connectivity index (χ1) is 8.24. The van der Waals surface area contributed by atoms with Crippen LogP contribution in [0, 0.1) is 0 Å². The zero-order valence-corrected chi connectivity index (χ0v) is 9.71. The molecule has 0 spiro atoms. The number of carboxylic acids is 1. The van der Waals surface area contributed by atoms with Crippen molar-refractivity contribution in [1.82, 2.24) is 19.5 Å². The molecule has 2 aromatic heterocycles. The van der Waals surface area contributed by atoms with E-state index in [9.17, 15) is 4.79 Å². The van der Waals surface area contributed by atoms with E-state index in [0.29, 0.717) is 0 Å². The molecule has 0 saturated carbocycles.